The predicted molar refractivity (Wildman–Crippen MR) is 103 cm³/mol. The summed E-state index contributed by atoms with van der Waals surface area (Å²) in [5, 5.41) is 9.02. The third-order valence-corrected chi connectivity index (χ3v) is 3.70. The first kappa shape index (κ1) is 19.0. The van der Waals surface area contributed by atoms with Gasteiger partial charge >= 0.3 is 0 Å². The predicted octanol–water partition coefficient (Wildman–Crippen LogP) is 2.22. The minimum Gasteiger partial charge on any atom is -0.368 e. The van der Waals surface area contributed by atoms with Crippen LogP contribution in [0.25, 0.3) is 0 Å². The van der Waals surface area contributed by atoms with Gasteiger partial charge in [0.15, 0.2) is 0 Å². The van der Waals surface area contributed by atoms with Gasteiger partial charge in [-0.05, 0) is 24.6 Å². The summed E-state index contributed by atoms with van der Waals surface area (Å²) >= 11 is 0. The van der Waals surface area contributed by atoms with Crippen LogP contribution in [0.2, 0.25) is 0 Å². The van der Waals surface area contributed by atoms with Gasteiger partial charge in [0.1, 0.15) is 23.3 Å². The molecule has 5 N–H and O–H groups in total. The third kappa shape index (κ3) is 5.34. The van der Waals surface area contributed by atoms with E-state index in [2.05, 4.69) is 35.9 Å². The first-order valence-corrected chi connectivity index (χ1v) is 8.46. The van der Waals surface area contributed by atoms with E-state index >= 15 is 0 Å². The van der Waals surface area contributed by atoms with Crippen molar-refractivity contribution in [3.63, 3.8) is 0 Å². The number of nitrogens with two attached hydrogens (primary N) is 1. The van der Waals surface area contributed by atoms with E-state index in [1.54, 1.807) is 36.8 Å². The zero-order chi connectivity index (χ0) is 19.9. The van der Waals surface area contributed by atoms with Crippen LogP contribution < -0.4 is 21.7 Å². The molecule has 2 aromatic heterocycles. The molecule has 144 valence electrons. The van der Waals surface area contributed by atoms with Crippen LogP contribution in [0.4, 0.5) is 27.8 Å². The van der Waals surface area contributed by atoms with Crippen LogP contribution in [-0.4, -0.2) is 32.4 Å². The molecule has 1 amide bonds. The Morgan fingerprint density at radius 2 is 1.89 bits per heavy atom. The van der Waals surface area contributed by atoms with E-state index in [1.165, 1.54) is 12.1 Å². The molecule has 0 spiro atoms. The molecular formula is C18H19FN8O. The Kier molecular flexibility index (Phi) is 5.90. The molecule has 10 heteroatoms. The monoisotopic (exact) mass is 382 g/mol. The summed E-state index contributed by atoms with van der Waals surface area (Å²) in [5.41, 5.74) is 6.05. The maximum atomic E-state index is 13.1. The smallest absolute Gasteiger partial charge is 0.236 e. The molecule has 28 heavy (non-hydrogen) atoms. The fraction of sp³-hybridized carbons (Fsp3) is 0.167. The van der Waals surface area contributed by atoms with Crippen molar-refractivity contribution < 1.29 is 9.18 Å². The van der Waals surface area contributed by atoms with Crippen molar-refractivity contribution in [1.29, 1.82) is 0 Å². The first-order chi connectivity index (χ1) is 13.5. The van der Waals surface area contributed by atoms with Crippen LogP contribution >= 0.6 is 0 Å². The Bertz CT molecular complexity index is 936. The summed E-state index contributed by atoms with van der Waals surface area (Å²) in [6, 6.07) is 7.57. The van der Waals surface area contributed by atoms with E-state index in [1.807, 2.05) is 6.92 Å². The van der Waals surface area contributed by atoms with Crippen LogP contribution in [0.3, 0.4) is 0 Å². The van der Waals surface area contributed by atoms with Gasteiger partial charge in [-0.3, -0.25) is 9.78 Å². The van der Waals surface area contributed by atoms with Crippen molar-refractivity contribution in [2.45, 2.75) is 13.0 Å². The van der Waals surface area contributed by atoms with Crippen LogP contribution in [-0.2, 0) is 4.79 Å². The highest BCUT2D eigenvalue weighted by Gasteiger charge is 2.11. The van der Waals surface area contributed by atoms with Crippen molar-refractivity contribution in [2.24, 2.45) is 5.73 Å². The minimum absolute atomic E-state index is 0.0748. The van der Waals surface area contributed by atoms with Gasteiger partial charge in [-0.15, -0.1) is 0 Å². The number of nitrogens with zero attached hydrogens (tertiary/aromatic N) is 4. The zero-order valence-corrected chi connectivity index (χ0v) is 15.1. The van der Waals surface area contributed by atoms with Gasteiger partial charge in [-0.1, -0.05) is 12.1 Å². The minimum atomic E-state index is -0.517. The number of carbonyl (C=O) groups excluding carboxylic acids is 1. The van der Waals surface area contributed by atoms with E-state index in [-0.39, 0.29) is 18.4 Å². The van der Waals surface area contributed by atoms with Crippen molar-refractivity contribution in [2.75, 3.05) is 22.5 Å². The Labute approximate surface area is 160 Å². The Hall–Kier alpha value is -3.82. The Morgan fingerprint density at radius 3 is 2.57 bits per heavy atom. The molecule has 1 atom stereocenters. The number of anilines is 4. The fourth-order valence-electron chi connectivity index (χ4n) is 2.37. The largest absolute Gasteiger partial charge is 0.368 e. The summed E-state index contributed by atoms with van der Waals surface area (Å²) in [7, 11) is 0. The molecule has 3 aromatic rings. The van der Waals surface area contributed by atoms with Crippen LogP contribution in [0.5, 0.6) is 0 Å². The molecule has 0 bridgehead atoms. The fourth-order valence-corrected chi connectivity index (χ4v) is 2.37. The molecular weight excluding hydrogens is 363 g/mol. The van der Waals surface area contributed by atoms with Crippen molar-refractivity contribution in [3.05, 3.63) is 60.3 Å². The highest BCUT2D eigenvalue weighted by atomic mass is 19.1. The lowest BCUT2D eigenvalue weighted by Gasteiger charge is -2.16. The van der Waals surface area contributed by atoms with Crippen molar-refractivity contribution in [1.82, 2.24) is 19.9 Å². The first-order valence-electron chi connectivity index (χ1n) is 8.46. The molecule has 3 rings (SSSR count). The van der Waals surface area contributed by atoms with Crippen LogP contribution in [0.1, 0.15) is 18.5 Å². The second-order valence-electron chi connectivity index (χ2n) is 5.92. The lowest BCUT2D eigenvalue weighted by atomic mass is 10.1. The second-order valence-corrected chi connectivity index (χ2v) is 5.92. The molecule has 0 aliphatic heterocycles. The molecule has 0 fully saturated rings. The number of carbonyl (C=O) groups is 1. The number of benzene rings is 1. The van der Waals surface area contributed by atoms with Crippen LogP contribution in [0.15, 0.2) is 48.9 Å². The third-order valence-electron chi connectivity index (χ3n) is 3.70. The van der Waals surface area contributed by atoms with Gasteiger partial charge in [-0.25, -0.2) is 9.37 Å². The molecule has 1 aromatic carbocycles. The van der Waals surface area contributed by atoms with E-state index in [0.717, 1.165) is 5.56 Å². The normalized spacial score (nSPS) is 11.5. The lowest BCUT2D eigenvalue weighted by Crippen LogP contribution is -2.22. The van der Waals surface area contributed by atoms with Crippen molar-refractivity contribution >= 4 is 29.3 Å². The highest BCUT2D eigenvalue weighted by Crippen LogP contribution is 2.21. The average Bonchev–Trinajstić information content (AvgIpc) is 2.67. The summed E-state index contributed by atoms with van der Waals surface area (Å²) in [4.78, 5) is 27.9. The quantitative estimate of drug-likeness (QED) is 0.466. The van der Waals surface area contributed by atoms with Gasteiger partial charge in [0.05, 0.1) is 18.8 Å². The Morgan fingerprint density at radius 1 is 1.14 bits per heavy atom. The number of hydrogen-bond acceptors (Lipinski definition) is 8. The SMILES string of the molecule is CC(Nc1nc(NCC(N)=O)cc(Nc2cnccn2)n1)c1ccc(F)cc1. The zero-order valence-electron chi connectivity index (χ0n) is 15.1. The molecule has 0 aliphatic rings. The highest BCUT2D eigenvalue weighted by molar-refractivity contribution is 5.78. The standard InChI is InChI=1S/C18H19FN8O/c1-11(12-2-4-13(19)5-3-12)24-18-26-15(23-9-14(20)28)8-16(27-18)25-17-10-21-6-7-22-17/h2-8,10-11H,9H2,1H3,(H2,20,28)(H3,22,23,24,25,26,27). The summed E-state index contributed by atoms with van der Waals surface area (Å²) < 4.78 is 13.1. The number of rotatable bonds is 8. The maximum absolute atomic E-state index is 13.1. The van der Waals surface area contributed by atoms with Gasteiger partial charge in [0.25, 0.3) is 0 Å². The molecule has 0 saturated carbocycles. The molecule has 0 aliphatic carbocycles. The summed E-state index contributed by atoms with van der Waals surface area (Å²) in [5.74, 6) is 0.819. The topological polar surface area (TPSA) is 131 Å². The number of aromatic nitrogens is 4. The molecule has 9 nitrogen and oxygen atoms in total. The maximum Gasteiger partial charge on any atom is 0.236 e. The number of hydrogen-bond donors (Lipinski definition) is 4. The summed E-state index contributed by atoms with van der Waals surface area (Å²) in [6.45, 7) is 1.82. The number of amides is 1. The van der Waals surface area contributed by atoms with E-state index in [4.69, 9.17) is 5.73 Å². The average molecular weight is 382 g/mol. The second kappa shape index (κ2) is 8.71. The van der Waals surface area contributed by atoms with Gasteiger partial charge in [0.2, 0.25) is 11.9 Å². The number of nitrogens with one attached hydrogen (secondary N) is 3. The van der Waals surface area contributed by atoms with E-state index in [0.29, 0.717) is 23.4 Å². The Balaban J connectivity index is 1.83. The molecule has 1 unspecified atom stereocenters. The molecule has 0 saturated heterocycles. The molecule has 2 heterocycles. The molecule has 0 radical (unpaired) electrons. The lowest BCUT2D eigenvalue weighted by molar-refractivity contribution is -0.116. The van der Waals surface area contributed by atoms with E-state index < -0.39 is 5.91 Å². The van der Waals surface area contributed by atoms with Crippen molar-refractivity contribution in [3.8, 4) is 0 Å². The number of primary amides is 1. The summed E-state index contributed by atoms with van der Waals surface area (Å²) in [6.07, 6.45) is 4.65. The van der Waals surface area contributed by atoms with E-state index in [9.17, 15) is 9.18 Å². The van der Waals surface area contributed by atoms with Gasteiger partial charge in [0, 0.05) is 18.5 Å². The van der Waals surface area contributed by atoms with Gasteiger partial charge in [-0.2, -0.15) is 9.97 Å². The number of halogens is 1. The van der Waals surface area contributed by atoms with Gasteiger partial charge < -0.3 is 21.7 Å². The van der Waals surface area contributed by atoms with Crippen LogP contribution in [0, 0.1) is 5.82 Å².